The Morgan fingerprint density at radius 1 is 1.67 bits per heavy atom. The van der Waals surface area contributed by atoms with Crippen LogP contribution in [0.3, 0.4) is 0 Å². The van der Waals surface area contributed by atoms with Gasteiger partial charge in [0, 0.05) is 0 Å². The summed E-state index contributed by atoms with van der Waals surface area (Å²) in [6.07, 6.45) is 3.64. The minimum atomic E-state index is -1.04. The van der Waals surface area contributed by atoms with E-state index in [-0.39, 0.29) is 11.9 Å². The van der Waals surface area contributed by atoms with Crippen LogP contribution >= 0.6 is 0 Å². The molecule has 2 atom stereocenters. The lowest BCUT2D eigenvalue weighted by Gasteiger charge is -2.27. The largest absolute Gasteiger partial charge is 0.476 e. The van der Waals surface area contributed by atoms with Crippen molar-refractivity contribution >= 4 is 5.97 Å². The van der Waals surface area contributed by atoms with E-state index in [2.05, 4.69) is 22.6 Å². The van der Waals surface area contributed by atoms with Crippen molar-refractivity contribution in [3.8, 4) is 0 Å². The first kappa shape index (κ1) is 10.1. The number of rotatable bonds is 2. The van der Waals surface area contributed by atoms with Gasteiger partial charge < -0.3 is 5.11 Å². The molecule has 15 heavy (non-hydrogen) atoms. The fourth-order valence-electron chi connectivity index (χ4n) is 1.74. The van der Waals surface area contributed by atoms with Crippen molar-refractivity contribution in [2.24, 2.45) is 5.92 Å². The third-order valence-electron chi connectivity index (χ3n) is 2.68. The second kappa shape index (κ2) is 3.98. The third kappa shape index (κ3) is 2.15. The number of nitrogens with one attached hydrogen (secondary N) is 1. The number of hydrogen-bond donors (Lipinski definition) is 2. The van der Waals surface area contributed by atoms with Crippen LogP contribution < -0.4 is 5.32 Å². The van der Waals surface area contributed by atoms with Gasteiger partial charge in [0.05, 0.1) is 6.20 Å². The zero-order chi connectivity index (χ0) is 10.8. The summed E-state index contributed by atoms with van der Waals surface area (Å²) in [5.74, 6) is -0.367. The van der Waals surface area contributed by atoms with Crippen LogP contribution in [0.15, 0.2) is 6.20 Å². The molecule has 82 valence electrons. The van der Waals surface area contributed by atoms with Crippen LogP contribution in [-0.4, -0.2) is 32.6 Å². The lowest BCUT2D eigenvalue weighted by molar-refractivity contribution is 0.0690. The highest BCUT2D eigenvalue weighted by atomic mass is 16.4. The number of hydrogen-bond acceptors (Lipinski definition) is 4. The van der Waals surface area contributed by atoms with E-state index in [1.807, 2.05) is 0 Å². The summed E-state index contributed by atoms with van der Waals surface area (Å²) in [5, 5.41) is 19.4. The van der Waals surface area contributed by atoms with Gasteiger partial charge in [0.1, 0.15) is 6.17 Å². The average Bonchev–Trinajstić information content (AvgIpc) is 2.68. The molecule has 1 fully saturated rings. The molecular formula is C9H14N4O2. The molecule has 1 aliphatic heterocycles. The van der Waals surface area contributed by atoms with Crippen molar-refractivity contribution in [2.75, 3.05) is 6.54 Å². The van der Waals surface area contributed by atoms with Crippen molar-refractivity contribution in [3.63, 3.8) is 0 Å². The first-order chi connectivity index (χ1) is 7.16. The van der Waals surface area contributed by atoms with Gasteiger partial charge in [-0.15, -0.1) is 5.10 Å². The standard InChI is InChI=1S/C9H14N4O2/c1-6-2-3-8(10-4-6)13-5-7(9(14)15)11-12-13/h5-6,8,10H,2-4H2,1H3,(H,14,15)/t6-,8-/m1/s1. The van der Waals surface area contributed by atoms with Gasteiger partial charge in [-0.05, 0) is 25.3 Å². The Morgan fingerprint density at radius 3 is 3.00 bits per heavy atom. The van der Waals surface area contributed by atoms with Crippen LogP contribution in [-0.2, 0) is 0 Å². The van der Waals surface area contributed by atoms with Crippen LogP contribution in [0, 0.1) is 5.92 Å². The monoisotopic (exact) mass is 210 g/mol. The third-order valence-corrected chi connectivity index (χ3v) is 2.68. The summed E-state index contributed by atoms with van der Waals surface area (Å²) in [7, 11) is 0. The van der Waals surface area contributed by atoms with Crippen LogP contribution in [0.5, 0.6) is 0 Å². The Hall–Kier alpha value is -1.43. The number of aromatic nitrogens is 3. The Balaban J connectivity index is 2.06. The van der Waals surface area contributed by atoms with Gasteiger partial charge in [-0.2, -0.15) is 0 Å². The number of carbonyl (C=O) groups is 1. The van der Waals surface area contributed by atoms with E-state index in [1.54, 1.807) is 4.68 Å². The predicted octanol–water partition coefficient (Wildman–Crippen LogP) is 0.494. The summed E-state index contributed by atoms with van der Waals surface area (Å²) in [6, 6.07) is 0. The van der Waals surface area contributed by atoms with E-state index in [0.717, 1.165) is 19.4 Å². The van der Waals surface area contributed by atoms with Crippen molar-refractivity contribution in [2.45, 2.75) is 25.9 Å². The molecule has 2 N–H and O–H groups in total. The van der Waals surface area contributed by atoms with Gasteiger partial charge in [-0.25, -0.2) is 9.48 Å². The topological polar surface area (TPSA) is 80.0 Å². The maximum absolute atomic E-state index is 10.6. The average molecular weight is 210 g/mol. The maximum atomic E-state index is 10.6. The quantitative estimate of drug-likeness (QED) is 0.742. The highest BCUT2D eigenvalue weighted by molar-refractivity contribution is 5.84. The minimum Gasteiger partial charge on any atom is -0.476 e. The number of aromatic carboxylic acids is 1. The molecule has 0 unspecified atom stereocenters. The van der Waals surface area contributed by atoms with Crippen molar-refractivity contribution < 1.29 is 9.90 Å². The van der Waals surface area contributed by atoms with E-state index in [4.69, 9.17) is 5.11 Å². The molecule has 2 heterocycles. The smallest absolute Gasteiger partial charge is 0.358 e. The first-order valence-corrected chi connectivity index (χ1v) is 5.05. The molecule has 0 bridgehead atoms. The molecule has 0 radical (unpaired) electrons. The SMILES string of the molecule is C[C@@H]1CC[C@@H](n2cc(C(=O)O)nn2)NC1. The normalized spacial score (nSPS) is 26.5. The lowest BCUT2D eigenvalue weighted by Crippen LogP contribution is -2.35. The summed E-state index contributed by atoms with van der Waals surface area (Å²) in [5.41, 5.74) is -0.00424. The molecule has 1 aromatic rings. The molecule has 0 spiro atoms. The fourth-order valence-corrected chi connectivity index (χ4v) is 1.74. The van der Waals surface area contributed by atoms with Gasteiger partial charge in [0.15, 0.2) is 5.69 Å². The van der Waals surface area contributed by atoms with Gasteiger partial charge >= 0.3 is 5.97 Å². The van der Waals surface area contributed by atoms with Gasteiger partial charge in [0.2, 0.25) is 0 Å². The van der Waals surface area contributed by atoms with Gasteiger partial charge in [-0.3, -0.25) is 5.32 Å². The molecular weight excluding hydrogens is 196 g/mol. The molecule has 1 saturated heterocycles. The summed E-state index contributed by atoms with van der Waals surface area (Å²) < 4.78 is 1.59. The maximum Gasteiger partial charge on any atom is 0.358 e. The molecule has 6 heteroatoms. The predicted molar refractivity (Wildman–Crippen MR) is 52.4 cm³/mol. The highest BCUT2D eigenvalue weighted by Gasteiger charge is 2.20. The number of nitrogens with zero attached hydrogens (tertiary/aromatic N) is 3. The van der Waals surface area contributed by atoms with E-state index >= 15 is 0 Å². The van der Waals surface area contributed by atoms with Crippen molar-refractivity contribution in [3.05, 3.63) is 11.9 Å². The second-order valence-electron chi connectivity index (χ2n) is 4.00. The van der Waals surface area contributed by atoms with Gasteiger partial charge in [-0.1, -0.05) is 12.1 Å². The van der Waals surface area contributed by atoms with Gasteiger partial charge in [0.25, 0.3) is 0 Å². The van der Waals surface area contributed by atoms with Crippen molar-refractivity contribution in [1.29, 1.82) is 0 Å². The molecule has 0 amide bonds. The summed E-state index contributed by atoms with van der Waals surface area (Å²) in [4.78, 5) is 10.6. The van der Waals surface area contributed by atoms with Crippen LogP contribution in [0.4, 0.5) is 0 Å². The molecule has 2 rings (SSSR count). The molecule has 1 aliphatic rings. The second-order valence-corrected chi connectivity index (χ2v) is 4.00. The summed E-state index contributed by atoms with van der Waals surface area (Å²) in [6.45, 7) is 3.13. The van der Waals surface area contributed by atoms with E-state index in [1.165, 1.54) is 6.20 Å². The number of piperidine rings is 1. The van der Waals surface area contributed by atoms with E-state index < -0.39 is 5.97 Å². The summed E-state index contributed by atoms with van der Waals surface area (Å²) >= 11 is 0. The molecule has 0 aromatic carbocycles. The number of carboxylic acids is 1. The Kier molecular flexibility index (Phi) is 2.68. The highest BCUT2D eigenvalue weighted by Crippen LogP contribution is 2.19. The zero-order valence-electron chi connectivity index (χ0n) is 8.55. The Morgan fingerprint density at radius 2 is 2.47 bits per heavy atom. The fraction of sp³-hybridized carbons (Fsp3) is 0.667. The van der Waals surface area contributed by atoms with Crippen LogP contribution in [0.1, 0.15) is 36.4 Å². The van der Waals surface area contributed by atoms with Crippen LogP contribution in [0.25, 0.3) is 0 Å². The lowest BCUT2D eigenvalue weighted by atomic mass is 10.0. The Bertz CT molecular complexity index is 355. The molecule has 0 aliphatic carbocycles. The molecule has 0 saturated carbocycles. The van der Waals surface area contributed by atoms with E-state index in [9.17, 15) is 4.79 Å². The van der Waals surface area contributed by atoms with Crippen molar-refractivity contribution in [1.82, 2.24) is 20.3 Å². The zero-order valence-corrected chi connectivity index (χ0v) is 8.55. The van der Waals surface area contributed by atoms with Crippen LogP contribution in [0.2, 0.25) is 0 Å². The number of carboxylic acid groups (broad SMARTS) is 1. The Labute approximate surface area is 87.3 Å². The first-order valence-electron chi connectivity index (χ1n) is 5.05. The molecule has 6 nitrogen and oxygen atoms in total. The molecule has 1 aromatic heterocycles. The van der Waals surface area contributed by atoms with E-state index in [0.29, 0.717) is 5.92 Å². The minimum absolute atomic E-state index is 0.00424.